The van der Waals surface area contributed by atoms with Gasteiger partial charge < -0.3 is 14.4 Å². The molecule has 1 aliphatic heterocycles. The molecule has 0 N–H and O–H groups in total. The van der Waals surface area contributed by atoms with Crippen molar-refractivity contribution in [2.75, 3.05) is 13.2 Å². The lowest BCUT2D eigenvalue weighted by Crippen LogP contribution is -2.48. The molecule has 1 fully saturated rings. The Balaban J connectivity index is 1.89. The summed E-state index contributed by atoms with van der Waals surface area (Å²) in [4.78, 5) is 22.2. The van der Waals surface area contributed by atoms with E-state index in [0.29, 0.717) is 24.0 Å². The van der Waals surface area contributed by atoms with Gasteiger partial charge in [0.2, 0.25) is 0 Å². The largest absolute Gasteiger partial charge is 0.444 e. The molecule has 0 radical (unpaired) electrons. The minimum absolute atomic E-state index is 0.0223. The van der Waals surface area contributed by atoms with Crippen molar-refractivity contribution in [3.05, 3.63) is 23.2 Å². The second-order valence-electron chi connectivity index (χ2n) is 6.63. The molecule has 23 heavy (non-hydrogen) atoms. The Labute approximate surface area is 142 Å². The second-order valence-corrected chi connectivity index (χ2v) is 6.99. The summed E-state index contributed by atoms with van der Waals surface area (Å²) in [7, 11) is 0. The van der Waals surface area contributed by atoms with Gasteiger partial charge in [-0.3, -0.25) is 4.98 Å². The standard InChI is InChI=1S/C16H24ClN3O3/c1-16(2,3)23-15(21)20-9-5-4-6-12(20)10-22-11-13-14(17)19-8-7-18-13/h7-8,12H,4-6,9-11H2,1-3H3/t12-/m0/s1. The summed E-state index contributed by atoms with van der Waals surface area (Å²) in [6.45, 7) is 7.04. The molecule has 128 valence electrons. The van der Waals surface area contributed by atoms with Crippen molar-refractivity contribution in [3.63, 3.8) is 0 Å². The van der Waals surface area contributed by atoms with Crippen LogP contribution in [0.25, 0.3) is 0 Å². The van der Waals surface area contributed by atoms with Gasteiger partial charge in [-0.05, 0) is 40.0 Å². The Kier molecular flexibility index (Phi) is 6.18. The van der Waals surface area contributed by atoms with Gasteiger partial charge in [0.15, 0.2) is 5.15 Å². The van der Waals surface area contributed by atoms with E-state index < -0.39 is 5.60 Å². The van der Waals surface area contributed by atoms with Crippen LogP contribution >= 0.6 is 11.6 Å². The SMILES string of the molecule is CC(C)(C)OC(=O)N1CCCC[C@H]1COCc1nccnc1Cl. The number of piperidine rings is 1. The molecule has 1 aromatic rings. The molecule has 0 aliphatic carbocycles. The fraction of sp³-hybridized carbons (Fsp3) is 0.688. The van der Waals surface area contributed by atoms with Crippen molar-refractivity contribution in [1.29, 1.82) is 0 Å². The number of rotatable bonds is 4. The molecule has 1 aliphatic rings. The van der Waals surface area contributed by atoms with Gasteiger partial charge in [-0.25, -0.2) is 9.78 Å². The van der Waals surface area contributed by atoms with Gasteiger partial charge in [0.05, 0.1) is 19.3 Å². The number of aromatic nitrogens is 2. The van der Waals surface area contributed by atoms with Crippen molar-refractivity contribution >= 4 is 17.7 Å². The molecule has 1 saturated heterocycles. The van der Waals surface area contributed by atoms with Crippen LogP contribution in [-0.2, 0) is 16.1 Å². The highest BCUT2D eigenvalue weighted by Crippen LogP contribution is 2.21. The molecule has 1 aromatic heterocycles. The number of hydrogen-bond donors (Lipinski definition) is 0. The zero-order valence-corrected chi connectivity index (χ0v) is 14.7. The third kappa shape index (κ3) is 5.62. The Morgan fingerprint density at radius 3 is 2.78 bits per heavy atom. The van der Waals surface area contributed by atoms with Crippen LogP contribution in [0.5, 0.6) is 0 Å². The first-order valence-corrected chi connectivity index (χ1v) is 8.27. The van der Waals surface area contributed by atoms with Crippen LogP contribution in [0.1, 0.15) is 45.7 Å². The molecular weight excluding hydrogens is 318 g/mol. The summed E-state index contributed by atoms with van der Waals surface area (Å²) < 4.78 is 11.2. The number of ether oxygens (including phenoxy) is 2. The molecule has 6 nitrogen and oxygen atoms in total. The molecular formula is C16H24ClN3O3. The lowest BCUT2D eigenvalue weighted by molar-refractivity contribution is -0.0103. The van der Waals surface area contributed by atoms with Crippen LogP contribution in [0.15, 0.2) is 12.4 Å². The molecule has 0 saturated carbocycles. The Morgan fingerprint density at radius 2 is 2.09 bits per heavy atom. The summed E-state index contributed by atoms with van der Waals surface area (Å²) in [5.41, 5.74) is 0.112. The summed E-state index contributed by atoms with van der Waals surface area (Å²) in [5.74, 6) is 0. The summed E-state index contributed by atoms with van der Waals surface area (Å²) >= 11 is 5.96. The molecule has 2 heterocycles. The monoisotopic (exact) mass is 341 g/mol. The lowest BCUT2D eigenvalue weighted by Gasteiger charge is -2.36. The second kappa shape index (κ2) is 7.93. The van der Waals surface area contributed by atoms with Gasteiger partial charge in [0, 0.05) is 18.9 Å². The van der Waals surface area contributed by atoms with E-state index in [1.54, 1.807) is 11.1 Å². The van der Waals surface area contributed by atoms with E-state index in [1.165, 1.54) is 6.20 Å². The average Bonchev–Trinajstić information content (AvgIpc) is 2.48. The highest BCUT2D eigenvalue weighted by Gasteiger charge is 2.30. The minimum atomic E-state index is -0.493. The third-order valence-corrected chi connectivity index (χ3v) is 3.84. The van der Waals surface area contributed by atoms with E-state index in [1.807, 2.05) is 20.8 Å². The van der Waals surface area contributed by atoms with Crippen molar-refractivity contribution in [2.24, 2.45) is 0 Å². The van der Waals surface area contributed by atoms with Crippen LogP contribution in [0.3, 0.4) is 0 Å². The summed E-state index contributed by atoms with van der Waals surface area (Å²) in [5, 5.41) is 0.347. The Hall–Kier alpha value is -1.40. The van der Waals surface area contributed by atoms with Gasteiger partial charge >= 0.3 is 6.09 Å². The number of amides is 1. The zero-order valence-electron chi connectivity index (χ0n) is 13.9. The molecule has 2 rings (SSSR count). The van der Waals surface area contributed by atoms with Crippen molar-refractivity contribution in [1.82, 2.24) is 14.9 Å². The predicted octanol–water partition coefficient (Wildman–Crippen LogP) is 3.44. The number of hydrogen-bond acceptors (Lipinski definition) is 5. The van der Waals surface area contributed by atoms with E-state index >= 15 is 0 Å². The lowest BCUT2D eigenvalue weighted by atomic mass is 10.0. The topological polar surface area (TPSA) is 64.5 Å². The van der Waals surface area contributed by atoms with Crippen LogP contribution in [-0.4, -0.2) is 45.8 Å². The first kappa shape index (κ1) is 17.9. The molecule has 0 spiro atoms. The fourth-order valence-corrected chi connectivity index (χ4v) is 2.63. The predicted molar refractivity (Wildman–Crippen MR) is 87.3 cm³/mol. The maximum Gasteiger partial charge on any atom is 0.410 e. The van der Waals surface area contributed by atoms with Crippen molar-refractivity contribution in [2.45, 2.75) is 58.3 Å². The minimum Gasteiger partial charge on any atom is -0.444 e. The van der Waals surface area contributed by atoms with E-state index in [2.05, 4.69) is 9.97 Å². The Morgan fingerprint density at radius 1 is 1.35 bits per heavy atom. The number of nitrogens with zero attached hydrogens (tertiary/aromatic N) is 3. The van der Waals surface area contributed by atoms with Crippen LogP contribution in [0.4, 0.5) is 4.79 Å². The van der Waals surface area contributed by atoms with Crippen LogP contribution < -0.4 is 0 Å². The zero-order chi connectivity index (χ0) is 16.9. The fourth-order valence-electron chi connectivity index (χ4n) is 2.47. The Bertz CT molecular complexity index is 534. The van der Waals surface area contributed by atoms with E-state index in [0.717, 1.165) is 19.3 Å². The number of carbonyl (C=O) groups is 1. The molecule has 1 amide bonds. The van der Waals surface area contributed by atoms with E-state index in [-0.39, 0.29) is 18.7 Å². The normalized spacial score (nSPS) is 18.8. The maximum absolute atomic E-state index is 12.3. The van der Waals surface area contributed by atoms with Crippen LogP contribution in [0, 0.1) is 0 Å². The van der Waals surface area contributed by atoms with Gasteiger partial charge in [-0.15, -0.1) is 0 Å². The average molecular weight is 342 g/mol. The highest BCUT2D eigenvalue weighted by atomic mass is 35.5. The summed E-state index contributed by atoms with van der Waals surface area (Å²) in [6, 6.07) is 0.0223. The number of halogens is 1. The van der Waals surface area contributed by atoms with Gasteiger partial charge in [-0.2, -0.15) is 0 Å². The smallest absolute Gasteiger partial charge is 0.410 e. The quantitative estimate of drug-likeness (QED) is 0.839. The van der Waals surface area contributed by atoms with Crippen LogP contribution in [0.2, 0.25) is 5.15 Å². The molecule has 1 atom stereocenters. The first-order chi connectivity index (χ1) is 10.9. The van der Waals surface area contributed by atoms with Gasteiger partial charge in [0.1, 0.15) is 11.3 Å². The molecule has 0 bridgehead atoms. The molecule has 0 aromatic carbocycles. The van der Waals surface area contributed by atoms with E-state index in [4.69, 9.17) is 21.1 Å². The summed E-state index contributed by atoms with van der Waals surface area (Å²) in [6.07, 6.45) is 5.83. The number of carbonyl (C=O) groups excluding carboxylic acids is 1. The van der Waals surface area contributed by atoms with Gasteiger partial charge in [0.25, 0.3) is 0 Å². The third-order valence-electron chi connectivity index (χ3n) is 3.53. The van der Waals surface area contributed by atoms with Crippen molar-refractivity contribution in [3.8, 4) is 0 Å². The first-order valence-electron chi connectivity index (χ1n) is 7.89. The van der Waals surface area contributed by atoms with Gasteiger partial charge in [-0.1, -0.05) is 11.6 Å². The highest BCUT2D eigenvalue weighted by molar-refractivity contribution is 6.29. The van der Waals surface area contributed by atoms with Crippen molar-refractivity contribution < 1.29 is 14.3 Å². The molecule has 7 heteroatoms. The maximum atomic E-state index is 12.3. The number of likely N-dealkylation sites (tertiary alicyclic amines) is 1. The van der Waals surface area contributed by atoms with E-state index in [9.17, 15) is 4.79 Å². The molecule has 0 unspecified atom stereocenters.